The highest BCUT2D eigenvalue weighted by Crippen LogP contribution is 2.32. The Labute approximate surface area is 122 Å². The van der Waals surface area contributed by atoms with Crippen LogP contribution in [0.5, 0.6) is 5.75 Å². The molecule has 0 saturated carbocycles. The van der Waals surface area contributed by atoms with Crippen molar-refractivity contribution in [2.75, 3.05) is 13.7 Å². The lowest BCUT2D eigenvalue weighted by molar-refractivity contribution is 0.404. The van der Waals surface area contributed by atoms with E-state index in [1.807, 2.05) is 13.0 Å². The van der Waals surface area contributed by atoms with Crippen molar-refractivity contribution in [3.8, 4) is 5.75 Å². The second kappa shape index (κ2) is 6.68. The van der Waals surface area contributed by atoms with E-state index < -0.39 is 0 Å². The number of pyridine rings is 1. The SMILES string of the molecule is CCNC(c1cncc(F)c1)c1cc(Cl)ccc1OC. The molecule has 3 nitrogen and oxygen atoms in total. The molecule has 20 heavy (non-hydrogen) atoms. The molecule has 1 aromatic heterocycles. The summed E-state index contributed by atoms with van der Waals surface area (Å²) in [6.07, 6.45) is 2.82. The van der Waals surface area contributed by atoms with E-state index in [0.29, 0.717) is 10.8 Å². The highest BCUT2D eigenvalue weighted by Gasteiger charge is 2.18. The van der Waals surface area contributed by atoms with Gasteiger partial charge in [-0.2, -0.15) is 0 Å². The molecule has 5 heteroatoms. The van der Waals surface area contributed by atoms with Crippen molar-refractivity contribution < 1.29 is 9.13 Å². The van der Waals surface area contributed by atoms with Gasteiger partial charge in [-0.1, -0.05) is 18.5 Å². The molecule has 0 radical (unpaired) electrons. The Hall–Kier alpha value is -1.65. The van der Waals surface area contributed by atoms with Crippen molar-refractivity contribution in [3.05, 3.63) is 58.6 Å². The summed E-state index contributed by atoms with van der Waals surface area (Å²) in [6, 6.07) is 6.61. The fraction of sp³-hybridized carbons (Fsp3) is 0.267. The number of nitrogens with zero attached hydrogens (tertiary/aromatic N) is 1. The van der Waals surface area contributed by atoms with Crippen LogP contribution < -0.4 is 10.1 Å². The minimum absolute atomic E-state index is 0.225. The maximum atomic E-state index is 13.4. The predicted molar refractivity (Wildman–Crippen MR) is 77.7 cm³/mol. The van der Waals surface area contributed by atoms with Gasteiger partial charge in [-0.05, 0) is 36.4 Å². The lowest BCUT2D eigenvalue weighted by Crippen LogP contribution is -2.22. The molecular formula is C15H16ClFN2O. The third kappa shape index (κ3) is 3.26. The largest absolute Gasteiger partial charge is 0.496 e. The number of rotatable bonds is 5. The van der Waals surface area contributed by atoms with Gasteiger partial charge in [-0.15, -0.1) is 0 Å². The van der Waals surface area contributed by atoms with Crippen molar-refractivity contribution in [2.24, 2.45) is 0 Å². The van der Waals surface area contributed by atoms with Crippen LogP contribution in [-0.4, -0.2) is 18.6 Å². The van der Waals surface area contributed by atoms with Crippen LogP contribution in [0.15, 0.2) is 36.7 Å². The lowest BCUT2D eigenvalue weighted by Gasteiger charge is -2.21. The van der Waals surface area contributed by atoms with E-state index in [0.717, 1.165) is 17.7 Å². The first-order valence-corrected chi connectivity index (χ1v) is 6.70. The van der Waals surface area contributed by atoms with Gasteiger partial charge in [0, 0.05) is 16.8 Å². The molecular weight excluding hydrogens is 279 g/mol. The third-order valence-electron chi connectivity index (χ3n) is 2.97. The zero-order valence-corrected chi connectivity index (χ0v) is 12.1. The second-order valence-corrected chi connectivity index (χ2v) is 4.75. The number of hydrogen-bond donors (Lipinski definition) is 1. The maximum Gasteiger partial charge on any atom is 0.141 e. The predicted octanol–water partition coefficient (Wildman–Crippen LogP) is 3.58. The molecule has 1 N–H and O–H groups in total. The van der Waals surface area contributed by atoms with E-state index in [-0.39, 0.29) is 11.9 Å². The highest BCUT2D eigenvalue weighted by molar-refractivity contribution is 6.30. The number of ether oxygens (including phenoxy) is 1. The van der Waals surface area contributed by atoms with Gasteiger partial charge in [0.25, 0.3) is 0 Å². The number of benzene rings is 1. The van der Waals surface area contributed by atoms with Gasteiger partial charge in [0.15, 0.2) is 0 Å². The number of hydrogen-bond acceptors (Lipinski definition) is 3. The Morgan fingerprint density at radius 1 is 1.35 bits per heavy atom. The molecule has 106 valence electrons. The minimum atomic E-state index is -0.369. The molecule has 0 spiro atoms. The summed E-state index contributed by atoms with van der Waals surface area (Å²) in [5.41, 5.74) is 1.58. The Balaban J connectivity index is 2.50. The number of nitrogens with one attached hydrogen (secondary N) is 1. The third-order valence-corrected chi connectivity index (χ3v) is 3.21. The van der Waals surface area contributed by atoms with Crippen LogP contribution in [0, 0.1) is 5.82 Å². The topological polar surface area (TPSA) is 34.2 Å². The molecule has 0 fully saturated rings. The first kappa shape index (κ1) is 14.8. The Kier molecular flexibility index (Phi) is 4.93. The van der Waals surface area contributed by atoms with E-state index >= 15 is 0 Å². The van der Waals surface area contributed by atoms with Crippen LogP contribution in [0.3, 0.4) is 0 Å². The molecule has 0 aliphatic heterocycles. The zero-order valence-electron chi connectivity index (χ0n) is 11.4. The van der Waals surface area contributed by atoms with Crippen LogP contribution in [0.25, 0.3) is 0 Å². The van der Waals surface area contributed by atoms with E-state index in [1.54, 1.807) is 25.4 Å². The van der Waals surface area contributed by atoms with Crippen molar-refractivity contribution in [3.63, 3.8) is 0 Å². The van der Waals surface area contributed by atoms with Gasteiger partial charge in [0.05, 0.1) is 19.3 Å². The van der Waals surface area contributed by atoms with E-state index in [2.05, 4.69) is 10.3 Å². The molecule has 0 aliphatic rings. The average molecular weight is 295 g/mol. The van der Waals surface area contributed by atoms with Gasteiger partial charge in [0.1, 0.15) is 11.6 Å². The molecule has 2 rings (SSSR count). The van der Waals surface area contributed by atoms with Crippen molar-refractivity contribution >= 4 is 11.6 Å². The fourth-order valence-electron chi connectivity index (χ4n) is 2.13. The van der Waals surface area contributed by atoms with Crippen LogP contribution in [0.4, 0.5) is 4.39 Å². The van der Waals surface area contributed by atoms with Crippen LogP contribution in [-0.2, 0) is 0 Å². The number of aromatic nitrogens is 1. The van der Waals surface area contributed by atoms with Crippen LogP contribution >= 0.6 is 11.6 Å². The summed E-state index contributed by atoms with van der Waals surface area (Å²) in [4.78, 5) is 3.90. The average Bonchev–Trinajstić information content (AvgIpc) is 2.44. The minimum Gasteiger partial charge on any atom is -0.496 e. The number of methoxy groups -OCH3 is 1. The van der Waals surface area contributed by atoms with Crippen LogP contribution in [0.1, 0.15) is 24.1 Å². The quantitative estimate of drug-likeness (QED) is 0.915. The van der Waals surface area contributed by atoms with Crippen molar-refractivity contribution in [2.45, 2.75) is 13.0 Å². The second-order valence-electron chi connectivity index (χ2n) is 4.31. The molecule has 0 aliphatic carbocycles. The summed E-state index contributed by atoms with van der Waals surface area (Å²) < 4.78 is 18.8. The first-order chi connectivity index (χ1) is 9.65. The molecule has 1 aromatic carbocycles. The molecule has 0 bridgehead atoms. The Bertz CT molecular complexity index is 592. The number of halogens is 2. The molecule has 1 heterocycles. The van der Waals surface area contributed by atoms with Gasteiger partial charge in [-0.3, -0.25) is 4.98 Å². The summed E-state index contributed by atoms with van der Waals surface area (Å²) in [7, 11) is 1.60. The van der Waals surface area contributed by atoms with E-state index in [4.69, 9.17) is 16.3 Å². The monoisotopic (exact) mass is 294 g/mol. The molecule has 1 unspecified atom stereocenters. The molecule has 0 saturated heterocycles. The maximum absolute atomic E-state index is 13.4. The Morgan fingerprint density at radius 3 is 2.80 bits per heavy atom. The van der Waals surface area contributed by atoms with Crippen molar-refractivity contribution in [1.29, 1.82) is 0 Å². The van der Waals surface area contributed by atoms with Crippen molar-refractivity contribution in [1.82, 2.24) is 10.3 Å². The van der Waals surface area contributed by atoms with Gasteiger partial charge >= 0.3 is 0 Å². The van der Waals surface area contributed by atoms with E-state index in [1.165, 1.54) is 12.3 Å². The summed E-state index contributed by atoms with van der Waals surface area (Å²) >= 11 is 6.06. The zero-order chi connectivity index (χ0) is 14.5. The van der Waals surface area contributed by atoms with Gasteiger partial charge in [-0.25, -0.2) is 4.39 Å². The summed E-state index contributed by atoms with van der Waals surface area (Å²) in [5, 5.41) is 3.90. The molecule has 1 atom stereocenters. The van der Waals surface area contributed by atoms with Crippen LogP contribution in [0.2, 0.25) is 5.02 Å². The smallest absolute Gasteiger partial charge is 0.141 e. The molecule has 2 aromatic rings. The van der Waals surface area contributed by atoms with Gasteiger partial charge < -0.3 is 10.1 Å². The fourth-order valence-corrected chi connectivity index (χ4v) is 2.31. The summed E-state index contributed by atoms with van der Waals surface area (Å²) in [6.45, 7) is 2.70. The lowest BCUT2D eigenvalue weighted by atomic mass is 9.99. The summed E-state index contributed by atoms with van der Waals surface area (Å²) in [5.74, 6) is 0.330. The Morgan fingerprint density at radius 2 is 2.15 bits per heavy atom. The van der Waals surface area contributed by atoms with E-state index in [9.17, 15) is 4.39 Å². The highest BCUT2D eigenvalue weighted by atomic mass is 35.5. The first-order valence-electron chi connectivity index (χ1n) is 6.33. The standard InChI is InChI=1S/C15H16ClFN2O/c1-3-19-15(10-6-12(17)9-18-8-10)13-7-11(16)4-5-14(13)20-2/h4-9,15,19H,3H2,1-2H3. The van der Waals surface area contributed by atoms with Gasteiger partial charge in [0.2, 0.25) is 0 Å². The molecule has 0 amide bonds. The normalized spacial score (nSPS) is 12.2.